The number of aromatic nitrogens is 1. The van der Waals surface area contributed by atoms with Gasteiger partial charge in [0.2, 0.25) is 5.89 Å². The second-order valence-electron chi connectivity index (χ2n) is 5.76. The fourth-order valence-electron chi connectivity index (χ4n) is 2.61. The van der Waals surface area contributed by atoms with Crippen LogP contribution in [0.1, 0.15) is 10.4 Å². The molecule has 1 aromatic heterocycles. The number of benzene rings is 3. The van der Waals surface area contributed by atoms with Gasteiger partial charge in [-0.2, -0.15) is 0 Å². The molecule has 0 saturated heterocycles. The molecule has 0 fully saturated rings. The molecule has 7 heteroatoms. The molecule has 0 atom stereocenters. The van der Waals surface area contributed by atoms with Crippen LogP contribution < -0.4 is 5.32 Å². The summed E-state index contributed by atoms with van der Waals surface area (Å²) in [7, 11) is 0. The first kappa shape index (κ1) is 17.9. The second-order valence-corrected chi connectivity index (χ2v) is 7.01. The van der Waals surface area contributed by atoms with Crippen LogP contribution in [0, 0.1) is 0 Å². The van der Waals surface area contributed by atoms with Gasteiger partial charge in [-0.25, -0.2) is 4.98 Å². The molecule has 0 saturated carbocycles. The van der Waals surface area contributed by atoms with E-state index in [0.717, 1.165) is 0 Å². The van der Waals surface area contributed by atoms with Crippen LogP contribution in [0.2, 0.25) is 15.1 Å². The molecule has 0 radical (unpaired) electrons. The molecule has 0 bridgehead atoms. The summed E-state index contributed by atoms with van der Waals surface area (Å²) in [6.07, 6.45) is 0. The maximum absolute atomic E-state index is 12.5. The van der Waals surface area contributed by atoms with Gasteiger partial charge in [-0.3, -0.25) is 4.79 Å². The number of anilines is 1. The van der Waals surface area contributed by atoms with Gasteiger partial charge in [-0.05, 0) is 48.5 Å². The first-order chi connectivity index (χ1) is 13.0. The first-order valence-electron chi connectivity index (χ1n) is 7.93. The molecule has 0 aliphatic rings. The monoisotopic (exact) mass is 416 g/mol. The SMILES string of the molecule is O=C(Nc1cc(-c2nc3cc(Cl)ccc3o2)ccc1Cl)c1ccccc1Cl. The zero-order valence-electron chi connectivity index (χ0n) is 13.7. The molecule has 0 unspecified atom stereocenters. The molecule has 1 N–H and O–H groups in total. The lowest BCUT2D eigenvalue weighted by Crippen LogP contribution is -2.12. The zero-order valence-corrected chi connectivity index (χ0v) is 15.9. The number of nitrogens with zero attached hydrogens (tertiary/aromatic N) is 1. The van der Waals surface area contributed by atoms with Crippen molar-refractivity contribution in [1.82, 2.24) is 4.98 Å². The van der Waals surface area contributed by atoms with Gasteiger partial charge in [0, 0.05) is 10.6 Å². The molecule has 27 heavy (non-hydrogen) atoms. The Morgan fingerprint density at radius 2 is 1.74 bits per heavy atom. The van der Waals surface area contributed by atoms with Gasteiger partial charge in [0.1, 0.15) is 5.52 Å². The van der Waals surface area contributed by atoms with E-state index < -0.39 is 0 Å². The Morgan fingerprint density at radius 1 is 0.926 bits per heavy atom. The number of hydrogen-bond donors (Lipinski definition) is 1. The maximum Gasteiger partial charge on any atom is 0.257 e. The van der Waals surface area contributed by atoms with Gasteiger partial charge < -0.3 is 9.73 Å². The van der Waals surface area contributed by atoms with Crippen LogP contribution in [0.3, 0.4) is 0 Å². The van der Waals surface area contributed by atoms with Crippen molar-refractivity contribution in [3.05, 3.63) is 81.3 Å². The minimum absolute atomic E-state index is 0.357. The Hall–Kier alpha value is -2.53. The van der Waals surface area contributed by atoms with Gasteiger partial charge in [-0.1, -0.05) is 46.9 Å². The van der Waals surface area contributed by atoms with E-state index in [9.17, 15) is 4.79 Å². The van der Waals surface area contributed by atoms with Gasteiger partial charge in [-0.15, -0.1) is 0 Å². The van der Waals surface area contributed by atoms with Gasteiger partial charge in [0.25, 0.3) is 5.91 Å². The second kappa shape index (κ2) is 7.24. The summed E-state index contributed by atoms with van der Waals surface area (Å²) in [5, 5.41) is 4.10. The van der Waals surface area contributed by atoms with Crippen LogP contribution in [0.15, 0.2) is 65.1 Å². The van der Waals surface area contributed by atoms with E-state index in [-0.39, 0.29) is 5.91 Å². The number of carbonyl (C=O) groups is 1. The molecule has 0 aliphatic heterocycles. The van der Waals surface area contributed by atoms with Crippen LogP contribution in [-0.4, -0.2) is 10.9 Å². The average Bonchev–Trinajstić information content (AvgIpc) is 3.07. The number of rotatable bonds is 3. The van der Waals surface area contributed by atoms with E-state index >= 15 is 0 Å². The number of nitrogens with one attached hydrogen (secondary N) is 1. The summed E-state index contributed by atoms with van der Waals surface area (Å²) in [5.41, 5.74) is 2.72. The Bertz CT molecular complexity index is 1170. The van der Waals surface area contributed by atoms with Crippen LogP contribution in [0.5, 0.6) is 0 Å². The van der Waals surface area contributed by atoms with Crippen molar-refractivity contribution < 1.29 is 9.21 Å². The highest BCUT2D eigenvalue weighted by Gasteiger charge is 2.14. The Morgan fingerprint density at radius 3 is 2.56 bits per heavy atom. The van der Waals surface area contributed by atoms with E-state index in [0.29, 0.717) is 48.9 Å². The molecule has 134 valence electrons. The van der Waals surface area contributed by atoms with Crippen LogP contribution in [-0.2, 0) is 0 Å². The highest BCUT2D eigenvalue weighted by molar-refractivity contribution is 6.36. The summed E-state index contributed by atoms with van der Waals surface area (Å²) in [4.78, 5) is 16.9. The standard InChI is InChI=1S/C20H11Cl3N2O2/c21-12-6-8-18-17(10-12)25-20(27-18)11-5-7-15(23)16(9-11)24-19(26)13-3-1-2-4-14(13)22/h1-10H,(H,24,26). The summed E-state index contributed by atoms with van der Waals surface area (Å²) in [6.45, 7) is 0. The lowest BCUT2D eigenvalue weighted by molar-refractivity contribution is 0.102. The van der Waals surface area contributed by atoms with Crippen molar-refractivity contribution in [2.24, 2.45) is 0 Å². The fourth-order valence-corrected chi connectivity index (χ4v) is 3.17. The molecule has 0 aliphatic carbocycles. The van der Waals surface area contributed by atoms with E-state index in [1.54, 1.807) is 60.7 Å². The predicted molar refractivity (Wildman–Crippen MR) is 109 cm³/mol. The number of halogens is 3. The summed E-state index contributed by atoms with van der Waals surface area (Å²) in [6, 6.07) is 17.1. The van der Waals surface area contributed by atoms with E-state index in [2.05, 4.69) is 10.3 Å². The quantitative estimate of drug-likeness (QED) is 0.403. The number of fused-ring (bicyclic) bond motifs is 1. The van der Waals surface area contributed by atoms with Crippen LogP contribution in [0.25, 0.3) is 22.6 Å². The minimum atomic E-state index is -0.357. The third-order valence-electron chi connectivity index (χ3n) is 3.93. The Kier molecular flexibility index (Phi) is 4.79. The molecule has 3 aromatic carbocycles. The van der Waals surface area contributed by atoms with Crippen molar-refractivity contribution in [3.63, 3.8) is 0 Å². The van der Waals surface area contributed by atoms with Crippen molar-refractivity contribution in [2.75, 3.05) is 5.32 Å². The molecule has 1 heterocycles. The van der Waals surface area contributed by atoms with E-state index in [4.69, 9.17) is 39.2 Å². The highest BCUT2D eigenvalue weighted by atomic mass is 35.5. The molecule has 4 nitrogen and oxygen atoms in total. The third-order valence-corrected chi connectivity index (χ3v) is 4.82. The normalized spacial score (nSPS) is 10.9. The lowest BCUT2D eigenvalue weighted by atomic mass is 10.1. The predicted octanol–water partition coefficient (Wildman–Crippen LogP) is 6.71. The lowest BCUT2D eigenvalue weighted by Gasteiger charge is -2.09. The first-order valence-corrected chi connectivity index (χ1v) is 9.06. The minimum Gasteiger partial charge on any atom is -0.436 e. The Labute approximate surface area is 169 Å². The number of hydrogen-bond acceptors (Lipinski definition) is 3. The Balaban J connectivity index is 1.68. The largest absolute Gasteiger partial charge is 0.436 e. The van der Waals surface area contributed by atoms with Crippen molar-refractivity contribution >= 4 is 57.5 Å². The van der Waals surface area contributed by atoms with Crippen LogP contribution >= 0.6 is 34.8 Å². The topological polar surface area (TPSA) is 55.1 Å². The van der Waals surface area contributed by atoms with Gasteiger partial charge in [0.15, 0.2) is 5.58 Å². The van der Waals surface area contributed by atoms with Gasteiger partial charge >= 0.3 is 0 Å². The molecule has 4 aromatic rings. The number of amides is 1. The maximum atomic E-state index is 12.5. The van der Waals surface area contributed by atoms with Gasteiger partial charge in [0.05, 0.1) is 21.3 Å². The molecule has 1 amide bonds. The highest BCUT2D eigenvalue weighted by Crippen LogP contribution is 2.31. The van der Waals surface area contributed by atoms with Crippen LogP contribution in [0.4, 0.5) is 5.69 Å². The number of oxazole rings is 1. The average molecular weight is 418 g/mol. The number of carbonyl (C=O) groups excluding carboxylic acids is 1. The summed E-state index contributed by atoms with van der Waals surface area (Å²) in [5.74, 6) is 0.0428. The summed E-state index contributed by atoms with van der Waals surface area (Å²) >= 11 is 18.3. The molecule has 4 rings (SSSR count). The smallest absolute Gasteiger partial charge is 0.257 e. The third kappa shape index (κ3) is 3.65. The fraction of sp³-hybridized carbons (Fsp3) is 0. The zero-order chi connectivity index (χ0) is 19.0. The van der Waals surface area contributed by atoms with Crippen molar-refractivity contribution in [1.29, 1.82) is 0 Å². The molecule has 0 spiro atoms. The summed E-state index contributed by atoms with van der Waals surface area (Å²) < 4.78 is 5.77. The molecular weight excluding hydrogens is 407 g/mol. The van der Waals surface area contributed by atoms with E-state index in [1.165, 1.54) is 0 Å². The molecular formula is C20H11Cl3N2O2. The van der Waals surface area contributed by atoms with Crippen molar-refractivity contribution in [3.8, 4) is 11.5 Å². The van der Waals surface area contributed by atoms with Crippen molar-refractivity contribution in [2.45, 2.75) is 0 Å². The van der Waals surface area contributed by atoms with E-state index in [1.807, 2.05) is 0 Å².